The summed E-state index contributed by atoms with van der Waals surface area (Å²) in [4.78, 5) is 30.6. The van der Waals surface area contributed by atoms with E-state index >= 15 is 0 Å². The number of halogens is 1. The van der Waals surface area contributed by atoms with E-state index in [1.165, 1.54) is 30.8 Å². The number of benzene rings is 1. The Morgan fingerprint density at radius 1 is 1.17 bits per heavy atom. The van der Waals surface area contributed by atoms with Crippen LogP contribution in [0.25, 0.3) is 15.9 Å². The molecule has 0 radical (unpaired) electrons. The predicted octanol–water partition coefficient (Wildman–Crippen LogP) is 2.17. The molecule has 1 aliphatic heterocycles. The van der Waals surface area contributed by atoms with Gasteiger partial charge in [-0.1, -0.05) is 0 Å². The summed E-state index contributed by atoms with van der Waals surface area (Å²) in [6.45, 7) is 3.74. The molecule has 4 aromatic rings. The number of nitrogens with zero attached hydrogens (tertiary/aromatic N) is 6. The van der Waals surface area contributed by atoms with E-state index in [4.69, 9.17) is 4.74 Å². The van der Waals surface area contributed by atoms with Crippen molar-refractivity contribution >= 4 is 33.0 Å². The summed E-state index contributed by atoms with van der Waals surface area (Å²) < 4.78 is 20.7. The number of hydrogen-bond acceptors (Lipinski definition) is 8. The quantitative estimate of drug-likeness (QED) is 0.495. The minimum Gasteiger partial charge on any atom is -0.494 e. The number of piperazine rings is 1. The number of fused-ring (bicyclic) bond motifs is 2. The molecule has 4 heterocycles. The molecule has 0 bridgehead atoms. The largest absolute Gasteiger partial charge is 0.494 e. The molecule has 1 saturated heterocycles. The smallest absolute Gasteiger partial charge is 0.258 e. The number of thiazole rings is 1. The van der Waals surface area contributed by atoms with Crippen molar-refractivity contribution in [2.24, 2.45) is 0 Å². The molecule has 0 N–H and O–H groups in total. The first-order valence-corrected chi connectivity index (χ1v) is 10.4. The summed E-state index contributed by atoms with van der Waals surface area (Å²) in [5, 5.41) is 2.63. The maximum atomic E-state index is 14.0. The summed E-state index contributed by atoms with van der Waals surface area (Å²) in [6, 6.07) is 4.63. The van der Waals surface area contributed by atoms with E-state index in [9.17, 15) is 9.18 Å². The Kier molecular flexibility index (Phi) is 4.80. The molecule has 0 saturated carbocycles. The van der Waals surface area contributed by atoms with E-state index in [-0.39, 0.29) is 11.3 Å². The third-order valence-electron chi connectivity index (χ3n) is 5.30. The zero-order valence-corrected chi connectivity index (χ0v) is 17.1. The zero-order chi connectivity index (χ0) is 20.7. The lowest BCUT2D eigenvalue weighted by atomic mass is 10.2. The molecule has 10 heteroatoms. The Bertz CT molecular complexity index is 1280. The van der Waals surface area contributed by atoms with Crippen molar-refractivity contribution in [2.45, 2.75) is 6.54 Å². The molecule has 1 fully saturated rings. The van der Waals surface area contributed by atoms with Crippen LogP contribution in [0.5, 0.6) is 5.75 Å². The monoisotopic (exact) mass is 426 g/mol. The number of aromatic nitrogens is 4. The van der Waals surface area contributed by atoms with Crippen molar-refractivity contribution in [1.29, 1.82) is 0 Å². The second kappa shape index (κ2) is 7.62. The van der Waals surface area contributed by atoms with Gasteiger partial charge in [0, 0.05) is 61.8 Å². The molecule has 5 rings (SSSR count). The second-order valence-electron chi connectivity index (χ2n) is 7.11. The van der Waals surface area contributed by atoms with Crippen LogP contribution in [-0.4, -0.2) is 57.5 Å². The van der Waals surface area contributed by atoms with Crippen LogP contribution in [0.4, 0.5) is 10.2 Å². The van der Waals surface area contributed by atoms with Gasteiger partial charge in [-0.2, -0.15) is 0 Å². The molecule has 1 aliphatic rings. The third kappa shape index (κ3) is 3.37. The van der Waals surface area contributed by atoms with Crippen molar-refractivity contribution in [3.05, 3.63) is 58.0 Å². The van der Waals surface area contributed by atoms with Gasteiger partial charge >= 0.3 is 0 Å². The lowest BCUT2D eigenvalue weighted by molar-refractivity contribution is 0.247. The van der Waals surface area contributed by atoms with Gasteiger partial charge in [-0.25, -0.2) is 19.3 Å². The van der Waals surface area contributed by atoms with Crippen LogP contribution >= 0.6 is 11.3 Å². The van der Waals surface area contributed by atoms with Crippen molar-refractivity contribution in [1.82, 2.24) is 24.3 Å². The first-order chi connectivity index (χ1) is 14.6. The Morgan fingerprint density at radius 2 is 2.00 bits per heavy atom. The molecule has 0 atom stereocenters. The number of rotatable bonds is 4. The molecule has 0 unspecified atom stereocenters. The molecule has 0 amide bonds. The summed E-state index contributed by atoms with van der Waals surface area (Å²) in [5.74, 6) is 0.512. The fraction of sp³-hybridized carbons (Fsp3) is 0.300. The Hall–Kier alpha value is -3.11. The summed E-state index contributed by atoms with van der Waals surface area (Å²) in [6.07, 6.45) is 3.20. The third-order valence-corrected chi connectivity index (χ3v) is 6.06. The SMILES string of the molecule is COc1cc2c(N3CCN(Cc4cc(=O)n5ccsc5n4)CC3)ncnc2cc1F. The first-order valence-electron chi connectivity index (χ1n) is 9.54. The minimum atomic E-state index is -0.439. The van der Waals surface area contributed by atoms with E-state index in [2.05, 4.69) is 24.8 Å². The fourth-order valence-corrected chi connectivity index (χ4v) is 4.51. The zero-order valence-electron chi connectivity index (χ0n) is 16.3. The maximum Gasteiger partial charge on any atom is 0.258 e. The Balaban J connectivity index is 1.34. The van der Waals surface area contributed by atoms with Crippen LogP contribution in [0.1, 0.15) is 5.69 Å². The molecule has 3 aromatic heterocycles. The van der Waals surface area contributed by atoms with Gasteiger partial charge in [-0.15, -0.1) is 11.3 Å². The van der Waals surface area contributed by atoms with Crippen LogP contribution in [0, 0.1) is 5.82 Å². The number of hydrogen-bond donors (Lipinski definition) is 0. The number of ether oxygens (including phenoxy) is 1. The van der Waals surface area contributed by atoms with E-state index in [0.717, 1.165) is 43.1 Å². The van der Waals surface area contributed by atoms with Crippen molar-refractivity contribution in [3.63, 3.8) is 0 Å². The van der Waals surface area contributed by atoms with Gasteiger partial charge in [-0.3, -0.25) is 14.1 Å². The molecule has 8 nitrogen and oxygen atoms in total. The highest BCUT2D eigenvalue weighted by Gasteiger charge is 2.21. The fourth-order valence-electron chi connectivity index (χ4n) is 3.77. The van der Waals surface area contributed by atoms with Crippen molar-refractivity contribution in [2.75, 3.05) is 38.2 Å². The van der Waals surface area contributed by atoms with E-state index in [0.29, 0.717) is 17.0 Å². The van der Waals surface area contributed by atoms with E-state index in [1.807, 2.05) is 5.38 Å². The van der Waals surface area contributed by atoms with E-state index in [1.54, 1.807) is 22.7 Å². The Morgan fingerprint density at radius 3 is 2.80 bits per heavy atom. The van der Waals surface area contributed by atoms with Gasteiger partial charge in [0.2, 0.25) is 0 Å². The lowest BCUT2D eigenvalue weighted by Gasteiger charge is -2.35. The highest BCUT2D eigenvalue weighted by atomic mass is 32.1. The number of methoxy groups -OCH3 is 1. The molecular weight excluding hydrogens is 407 g/mol. The standard InChI is InChI=1S/C20H19FN6O2S/c1-29-17-9-14-16(10-15(17)21)22-12-23-19(14)26-4-2-25(3-5-26)11-13-8-18(28)27-6-7-30-20(27)24-13/h6-10,12H,2-5,11H2,1H3. The lowest BCUT2D eigenvalue weighted by Crippen LogP contribution is -2.46. The normalized spacial score (nSPS) is 15.2. The van der Waals surface area contributed by atoms with Crippen LogP contribution < -0.4 is 15.2 Å². The van der Waals surface area contributed by atoms with Crippen molar-refractivity contribution in [3.8, 4) is 5.75 Å². The topological polar surface area (TPSA) is 75.9 Å². The first kappa shape index (κ1) is 18.9. The molecule has 30 heavy (non-hydrogen) atoms. The summed E-state index contributed by atoms with van der Waals surface area (Å²) >= 11 is 1.45. The maximum absolute atomic E-state index is 14.0. The van der Waals surface area contributed by atoms with Gasteiger partial charge in [0.1, 0.15) is 12.1 Å². The van der Waals surface area contributed by atoms with Crippen LogP contribution in [0.3, 0.4) is 0 Å². The van der Waals surface area contributed by atoms with Gasteiger partial charge in [0.25, 0.3) is 5.56 Å². The van der Waals surface area contributed by atoms with Gasteiger partial charge in [0.15, 0.2) is 16.5 Å². The second-order valence-corrected chi connectivity index (χ2v) is 7.98. The van der Waals surface area contributed by atoms with Gasteiger partial charge in [-0.05, 0) is 6.07 Å². The average molecular weight is 426 g/mol. The summed E-state index contributed by atoms with van der Waals surface area (Å²) in [7, 11) is 1.44. The molecular formula is C20H19FN6O2S. The van der Waals surface area contributed by atoms with Gasteiger partial charge < -0.3 is 9.64 Å². The highest BCUT2D eigenvalue weighted by Crippen LogP contribution is 2.29. The van der Waals surface area contributed by atoms with Crippen molar-refractivity contribution < 1.29 is 9.13 Å². The minimum absolute atomic E-state index is 0.0523. The molecule has 0 spiro atoms. The van der Waals surface area contributed by atoms with Crippen LogP contribution in [-0.2, 0) is 6.54 Å². The molecule has 154 valence electrons. The Labute approximate surface area is 175 Å². The summed E-state index contributed by atoms with van der Waals surface area (Å²) in [5.41, 5.74) is 1.28. The average Bonchev–Trinajstić information content (AvgIpc) is 3.23. The van der Waals surface area contributed by atoms with E-state index < -0.39 is 5.82 Å². The molecule has 1 aromatic carbocycles. The predicted molar refractivity (Wildman–Crippen MR) is 113 cm³/mol. The van der Waals surface area contributed by atoms with Crippen LogP contribution in [0.2, 0.25) is 0 Å². The van der Waals surface area contributed by atoms with Gasteiger partial charge in [0.05, 0.1) is 18.3 Å². The van der Waals surface area contributed by atoms with Crippen LogP contribution in [0.15, 0.2) is 40.9 Å². The number of anilines is 1. The highest BCUT2D eigenvalue weighted by molar-refractivity contribution is 7.15. The molecule has 0 aliphatic carbocycles.